The molecule has 6 aromatic carbocycles. The third-order valence-electron chi connectivity index (χ3n) is 11.3. The molecular weight excluding hydrogens is 783 g/mol. The number of nitrogens with zero attached hydrogens (tertiary/aromatic N) is 5. The fourth-order valence-electron chi connectivity index (χ4n) is 8.55. The minimum atomic E-state index is -1.11. The lowest BCUT2D eigenvalue weighted by molar-refractivity contribution is 0.350. The number of thiophene rings is 1. The molecule has 1 aliphatic heterocycles. The number of phenolic OH excluding ortho intramolecular Hbond substituents is 8. The Hall–Kier alpha value is -7.97. The smallest absolute Gasteiger partial charge is 0.206 e. The molecule has 296 valence electrons. The number of allylic oxidation sites excluding steroid dienone is 2. The van der Waals surface area contributed by atoms with E-state index < -0.39 is 56.8 Å². The van der Waals surface area contributed by atoms with E-state index in [0.29, 0.717) is 21.5 Å². The van der Waals surface area contributed by atoms with E-state index in [2.05, 4.69) is 47.0 Å². The summed E-state index contributed by atoms with van der Waals surface area (Å²) in [4.78, 5) is 16.9. The number of aromatic nitrogens is 1. The topological polar surface area (TPSA) is 207 Å². The van der Waals surface area contributed by atoms with Gasteiger partial charge in [0, 0.05) is 38.2 Å². The number of hydrogen-bond donors (Lipinski definition) is 8. The number of aromatic hydroxyl groups is 8. The molecule has 8 N–H and O–H groups in total. The Morgan fingerprint density at radius 3 is 1.92 bits per heavy atom. The summed E-state index contributed by atoms with van der Waals surface area (Å²) in [5, 5.41) is 88.3. The van der Waals surface area contributed by atoms with Crippen molar-refractivity contribution in [2.75, 3.05) is 11.6 Å². The highest BCUT2D eigenvalue weighted by molar-refractivity contribution is 7.26. The van der Waals surface area contributed by atoms with Crippen LogP contribution in [0.1, 0.15) is 22.6 Å². The van der Waals surface area contributed by atoms with Gasteiger partial charge in [-0.3, -0.25) is 0 Å². The van der Waals surface area contributed by atoms with Crippen LogP contribution in [-0.2, 0) is 0 Å². The third-order valence-corrected chi connectivity index (χ3v) is 12.5. The van der Waals surface area contributed by atoms with Crippen LogP contribution in [0, 0.1) is 0 Å². The van der Waals surface area contributed by atoms with Crippen molar-refractivity contribution in [1.29, 1.82) is 0 Å². The maximum absolute atomic E-state index is 11.4. The SMILES string of the molecule is C=N/C(=N\C(=N/CN1c2ccccc2C2C=CC=CC21)c1ccccc1)c1ccc(-n2c3c(O)c(O)c(O)c(O)c3c3c(O)c(O)c(O)c(O)c32)c2sc3ccccc3c12. The Morgan fingerprint density at radius 2 is 1.22 bits per heavy atom. The van der Waals surface area contributed by atoms with E-state index in [1.165, 1.54) is 21.5 Å². The summed E-state index contributed by atoms with van der Waals surface area (Å²) in [5.74, 6) is -7.33. The number of benzene rings is 6. The van der Waals surface area contributed by atoms with Crippen LogP contribution in [0.5, 0.6) is 46.0 Å². The summed E-state index contributed by atoms with van der Waals surface area (Å²) in [6, 6.07) is 28.8. The van der Waals surface area contributed by atoms with Gasteiger partial charge in [-0.1, -0.05) is 91.0 Å². The van der Waals surface area contributed by atoms with Crippen LogP contribution in [0.25, 0.3) is 47.7 Å². The van der Waals surface area contributed by atoms with Crippen molar-refractivity contribution in [1.82, 2.24) is 4.57 Å². The van der Waals surface area contributed by atoms with E-state index in [1.807, 2.05) is 72.8 Å². The Kier molecular flexibility index (Phi) is 8.23. The molecule has 0 spiro atoms. The first-order chi connectivity index (χ1) is 29.1. The molecule has 2 aliphatic rings. The van der Waals surface area contributed by atoms with E-state index in [1.54, 1.807) is 12.1 Å². The molecule has 0 amide bonds. The second-order valence-electron chi connectivity index (χ2n) is 14.4. The minimum Gasteiger partial charge on any atom is -0.504 e. The number of aliphatic imine (C=N–C) groups is 3. The first-order valence-electron chi connectivity index (χ1n) is 18.7. The van der Waals surface area contributed by atoms with Crippen molar-refractivity contribution in [2.24, 2.45) is 15.0 Å². The van der Waals surface area contributed by atoms with Crippen LogP contribution in [-0.4, -0.2) is 76.5 Å². The molecule has 2 aromatic heterocycles. The van der Waals surface area contributed by atoms with Gasteiger partial charge in [0.1, 0.15) is 17.7 Å². The van der Waals surface area contributed by atoms with Crippen molar-refractivity contribution < 1.29 is 40.9 Å². The van der Waals surface area contributed by atoms with Gasteiger partial charge in [0.2, 0.25) is 23.0 Å². The zero-order chi connectivity index (χ0) is 41.6. The fourth-order valence-corrected chi connectivity index (χ4v) is 9.79. The number of anilines is 1. The van der Waals surface area contributed by atoms with E-state index in [0.717, 1.165) is 21.3 Å². The Labute approximate surface area is 343 Å². The summed E-state index contributed by atoms with van der Waals surface area (Å²) < 4.78 is 2.57. The molecule has 60 heavy (non-hydrogen) atoms. The first-order valence-corrected chi connectivity index (χ1v) is 19.5. The normalized spacial score (nSPS) is 16.4. The fraction of sp³-hybridized carbons (Fsp3) is 0.0652. The van der Waals surface area contributed by atoms with Crippen molar-refractivity contribution in [3.05, 3.63) is 132 Å². The Morgan fingerprint density at radius 1 is 0.600 bits per heavy atom. The van der Waals surface area contributed by atoms with Crippen LogP contribution < -0.4 is 4.90 Å². The summed E-state index contributed by atoms with van der Waals surface area (Å²) >= 11 is 1.33. The van der Waals surface area contributed by atoms with Gasteiger partial charge in [0.05, 0.1) is 27.2 Å². The highest BCUT2D eigenvalue weighted by atomic mass is 32.1. The third kappa shape index (κ3) is 5.14. The van der Waals surface area contributed by atoms with Crippen LogP contribution in [0.3, 0.4) is 0 Å². The zero-order valence-corrected chi connectivity index (χ0v) is 32.1. The lowest BCUT2D eigenvalue weighted by Crippen LogP contribution is -2.33. The van der Waals surface area contributed by atoms with Crippen LogP contribution in [0.15, 0.2) is 130 Å². The number of hydrogen-bond acceptors (Lipinski definition) is 11. The number of phenols is 8. The molecule has 0 bridgehead atoms. The zero-order valence-electron chi connectivity index (χ0n) is 31.3. The van der Waals surface area contributed by atoms with Crippen molar-refractivity contribution in [2.45, 2.75) is 12.0 Å². The summed E-state index contributed by atoms with van der Waals surface area (Å²) in [7, 11) is 0. The molecule has 3 heterocycles. The molecule has 1 aliphatic carbocycles. The van der Waals surface area contributed by atoms with Crippen molar-refractivity contribution in [3.8, 4) is 51.7 Å². The number of para-hydroxylation sites is 1. The molecule has 14 heteroatoms. The number of fused-ring (bicyclic) bond motifs is 9. The van der Waals surface area contributed by atoms with E-state index in [4.69, 9.17) is 9.98 Å². The average Bonchev–Trinajstić information content (AvgIpc) is 3.95. The molecule has 8 aromatic rings. The monoisotopic (exact) mass is 815 g/mol. The summed E-state index contributed by atoms with van der Waals surface area (Å²) in [6.07, 6.45) is 8.49. The molecule has 2 atom stereocenters. The molecule has 0 saturated carbocycles. The Balaban J connectivity index is 1.22. The second kappa shape index (κ2) is 13.6. The molecule has 10 rings (SSSR count). The first kappa shape index (κ1) is 36.4. The highest BCUT2D eigenvalue weighted by Crippen LogP contribution is 2.59. The van der Waals surface area contributed by atoms with Gasteiger partial charge in [0.15, 0.2) is 34.7 Å². The standard InChI is InChI=1S/C46H33N5O8S/c1-47-46(49-45(22-11-3-2-4-12-22)48-21-50-27-16-8-5-13-23(27)24-14-6-9-17-28(24)50)26-19-20-29(44-31(26)25-15-7-10-18-30(25)60-44)51-34-32(36(52)40(56)42(58)38(34)54)33-35(51)39(55)43(59)41(57)37(33)53/h2-20,23,27,52-59H,1,21H2/b48-45-,49-46-. The minimum absolute atomic E-state index is 0.0683. The number of amidine groups is 2. The predicted molar refractivity (Wildman–Crippen MR) is 235 cm³/mol. The summed E-state index contributed by atoms with van der Waals surface area (Å²) in [6.45, 7) is 4.21. The van der Waals surface area contributed by atoms with E-state index >= 15 is 0 Å². The summed E-state index contributed by atoms with van der Waals surface area (Å²) in [5.41, 5.74) is 3.11. The van der Waals surface area contributed by atoms with Crippen LogP contribution in [0.4, 0.5) is 5.69 Å². The van der Waals surface area contributed by atoms with Gasteiger partial charge in [-0.15, -0.1) is 11.3 Å². The maximum Gasteiger partial charge on any atom is 0.206 e. The van der Waals surface area contributed by atoms with E-state index in [-0.39, 0.29) is 41.2 Å². The quantitative estimate of drug-likeness (QED) is 0.0361. The van der Waals surface area contributed by atoms with Crippen molar-refractivity contribution >= 4 is 77.4 Å². The maximum atomic E-state index is 11.4. The molecule has 13 nitrogen and oxygen atoms in total. The molecule has 0 saturated heterocycles. The molecule has 0 radical (unpaired) electrons. The lowest BCUT2D eigenvalue weighted by atomic mass is 9.92. The lowest BCUT2D eigenvalue weighted by Gasteiger charge is -2.27. The molecule has 2 unspecified atom stereocenters. The van der Waals surface area contributed by atoms with Crippen molar-refractivity contribution in [3.63, 3.8) is 0 Å². The van der Waals surface area contributed by atoms with Gasteiger partial charge in [-0.25, -0.2) is 15.0 Å². The number of rotatable bonds is 5. The second-order valence-corrected chi connectivity index (χ2v) is 15.5. The largest absolute Gasteiger partial charge is 0.504 e. The predicted octanol–water partition coefficient (Wildman–Crippen LogP) is 8.75. The average molecular weight is 816 g/mol. The Bertz CT molecular complexity index is 3200. The van der Waals surface area contributed by atoms with Gasteiger partial charge >= 0.3 is 0 Å². The van der Waals surface area contributed by atoms with Gasteiger partial charge < -0.3 is 50.3 Å². The van der Waals surface area contributed by atoms with Crippen LogP contribution >= 0.6 is 11.3 Å². The van der Waals surface area contributed by atoms with Crippen LogP contribution in [0.2, 0.25) is 0 Å². The molecule has 0 fully saturated rings. The van der Waals surface area contributed by atoms with Gasteiger partial charge in [0.25, 0.3) is 0 Å². The van der Waals surface area contributed by atoms with Gasteiger partial charge in [-0.05, 0) is 36.5 Å². The van der Waals surface area contributed by atoms with Gasteiger partial charge in [-0.2, -0.15) is 0 Å². The van der Waals surface area contributed by atoms with E-state index in [9.17, 15) is 40.9 Å². The highest BCUT2D eigenvalue weighted by Gasteiger charge is 2.36. The molecular formula is C46H33N5O8S.